The fourth-order valence-corrected chi connectivity index (χ4v) is 1.93. The third kappa shape index (κ3) is 5.92. The fourth-order valence-electron chi connectivity index (χ4n) is 1.93. The Morgan fingerprint density at radius 3 is 1.83 bits per heavy atom. The molecule has 5 heteroatoms. The fraction of sp³-hybridized carbons (Fsp3) is 0.222. The summed E-state index contributed by atoms with van der Waals surface area (Å²) in [5.74, 6) is -0.976. The number of esters is 2. The first-order chi connectivity index (χ1) is 11.1. The summed E-state index contributed by atoms with van der Waals surface area (Å²) >= 11 is 0. The topological polar surface area (TPSA) is 80.2 Å². The lowest BCUT2D eigenvalue weighted by Gasteiger charge is -2.09. The molecule has 120 valence electrons. The Hall–Kier alpha value is -2.66. The van der Waals surface area contributed by atoms with Crippen LogP contribution in [0.3, 0.4) is 0 Å². The monoisotopic (exact) mass is 314 g/mol. The summed E-state index contributed by atoms with van der Waals surface area (Å²) in [7, 11) is 0. The zero-order valence-electron chi connectivity index (χ0n) is 12.8. The van der Waals surface area contributed by atoms with Gasteiger partial charge in [0.15, 0.2) is 6.04 Å². The molecule has 0 aliphatic carbocycles. The highest BCUT2D eigenvalue weighted by Gasteiger charge is 2.23. The summed E-state index contributed by atoms with van der Waals surface area (Å²) in [6.45, 7) is 0.357. The number of hydrogen-bond acceptors (Lipinski definition) is 4. The molecule has 3 N–H and O–H groups in total. The third-order valence-electron chi connectivity index (χ3n) is 3.21. The van der Waals surface area contributed by atoms with Gasteiger partial charge in [0.05, 0.1) is 0 Å². The van der Waals surface area contributed by atoms with Gasteiger partial charge in [0.2, 0.25) is 0 Å². The predicted molar refractivity (Wildman–Crippen MR) is 83.8 cm³/mol. The Kier molecular flexibility index (Phi) is 6.32. The molecular formula is C18H20NO4+. The number of rotatable bonds is 7. The van der Waals surface area contributed by atoms with Gasteiger partial charge < -0.3 is 15.2 Å². The molecule has 1 atom stereocenters. The molecular weight excluding hydrogens is 294 g/mol. The van der Waals surface area contributed by atoms with Crippen LogP contribution in [0.1, 0.15) is 17.5 Å². The molecule has 0 unspecified atom stereocenters. The highest BCUT2D eigenvalue weighted by Crippen LogP contribution is 2.04. The second kappa shape index (κ2) is 8.70. The Morgan fingerprint density at radius 2 is 1.30 bits per heavy atom. The molecule has 0 bridgehead atoms. The first-order valence-electron chi connectivity index (χ1n) is 7.38. The third-order valence-corrected chi connectivity index (χ3v) is 3.21. The maximum absolute atomic E-state index is 11.8. The Balaban J connectivity index is 1.71. The minimum absolute atomic E-state index is 0.0968. The molecule has 0 aliphatic rings. The number of carbonyl (C=O) groups is 2. The van der Waals surface area contributed by atoms with Crippen LogP contribution in [0.15, 0.2) is 60.7 Å². The van der Waals surface area contributed by atoms with Crippen LogP contribution in [0.2, 0.25) is 0 Å². The SMILES string of the molecule is [NH3+][C@H](CC(=O)OCc1ccccc1)C(=O)OCc1ccccc1. The van der Waals surface area contributed by atoms with Crippen molar-refractivity contribution in [2.24, 2.45) is 0 Å². The number of carbonyl (C=O) groups excluding carboxylic acids is 2. The average Bonchev–Trinajstić information content (AvgIpc) is 2.59. The van der Waals surface area contributed by atoms with Crippen LogP contribution in [-0.2, 0) is 32.3 Å². The lowest BCUT2D eigenvalue weighted by Crippen LogP contribution is -2.66. The van der Waals surface area contributed by atoms with Gasteiger partial charge in [0.25, 0.3) is 0 Å². The lowest BCUT2D eigenvalue weighted by molar-refractivity contribution is -0.408. The van der Waals surface area contributed by atoms with Crippen molar-refractivity contribution in [2.75, 3.05) is 0 Å². The van der Waals surface area contributed by atoms with E-state index in [2.05, 4.69) is 5.73 Å². The molecule has 23 heavy (non-hydrogen) atoms. The zero-order chi connectivity index (χ0) is 16.5. The molecule has 0 amide bonds. The second-order valence-corrected chi connectivity index (χ2v) is 5.14. The van der Waals surface area contributed by atoms with Gasteiger partial charge in [0.1, 0.15) is 19.6 Å². The molecule has 2 aromatic carbocycles. The van der Waals surface area contributed by atoms with Gasteiger partial charge in [-0.3, -0.25) is 4.79 Å². The molecule has 0 aromatic heterocycles. The molecule has 0 spiro atoms. The molecule has 0 heterocycles. The van der Waals surface area contributed by atoms with E-state index in [9.17, 15) is 9.59 Å². The standard InChI is InChI=1S/C18H19NO4/c19-16(18(21)23-13-15-9-5-2-6-10-15)11-17(20)22-12-14-7-3-1-4-8-14/h1-10,16H,11-13,19H2/p+1/t16-/m1/s1. The van der Waals surface area contributed by atoms with Crippen LogP contribution < -0.4 is 5.73 Å². The lowest BCUT2D eigenvalue weighted by atomic mass is 10.2. The van der Waals surface area contributed by atoms with E-state index in [0.29, 0.717) is 0 Å². The summed E-state index contributed by atoms with van der Waals surface area (Å²) in [6.07, 6.45) is -0.0968. The molecule has 0 fully saturated rings. The van der Waals surface area contributed by atoms with Crippen molar-refractivity contribution in [3.8, 4) is 0 Å². The van der Waals surface area contributed by atoms with E-state index in [4.69, 9.17) is 9.47 Å². The largest absolute Gasteiger partial charge is 0.461 e. The van der Waals surface area contributed by atoms with Crippen molar-refractivity contribution in [3.05, 3.63) is 71.8 Å². The van der Waals surface area contributed by atoms with Gasteiger partial charge in [-0.25, -0.2) is 4.79 Å². The van der Waals surface area contributed by atoms with Crippen LogP contribution >= 0.6 is 0 Å². The van der Waals surface area contributed by atoms with Gasteiger partial charge in [0, 0.05) is 0 Å². The number of quaternary nitrogens is 1. The highest BCUT2D eigenvalue weighted by atomic mass is 16.5. The van der Waals surface area contributed by atoms with E-state index in [1.165, 1.54) is 0 Å². The van der Waals surface area contributed by atoms with E-state index in [1.54, 1.807) is 0 Å². The molecule has 5 nitrogen and oxygen atoms in total. The van der Waals surface area contributed by atoms with Gasteiger partial charge in [-0.1, -0.05) is 60.7 Å². The van der Waals surface area contributed by atoms with E-state index in [-0.39, 0.29) is 19.6 Å². The Labute approximate surface area is 135 Å². The smallest absolute Gasteiger partial charge is 0.365 e. The van der Waals surface area contributed by atoms with Crippen LogP contribution in [0, 0.1) is 0 Å². The first kappa shape index (κ1) is 16.7. The van der Waals surface area contributed by atoms with Gasteiger partial charge in [-0.15, -0.1) is 0 Å². The van der Waals surface area contributed by atoms with Gasteiger partial charge in [-0.2, -0.15) is 0 Å². The van der Waals surface area contributed by atoms with E-state index in [0.717, 1.165) is 11.1 Å². The summed E-state index contributed by atoms with van der Waals surface area (Å²) in [4.78, 5) is 23.6. The normalized spacial score (nSPS) is 11.5. The zero-order valence-corrected chi connectivity index (χ0v) is 12.8. The number of hydrogen-bond donors (Lipinski definition) is 1. The van der Waals surface area contributed by atoms with Gasteiger partial charge in [-0.05, 0) is 11.1 Å². The van der Waals surface area contributed by atoms with Crippen molar-refractivity contribution in [1.82, 2.24) is 0 Å². The van der Waals surface area contributed by atoms with Crippen molar-refractivity contribution in [2.45, 2.75) is 25.7 Å². The predicted octanol–water partition coefficient (Wildman–Crippen LogP) is 1.47. The maximum atomic E-state index is 11.8. The highest BCUT2D eigenvalue weighted by molar-refractivity contribution is 5.81. The van der Waals surface area contributed by atoms with Crippen molar-refractivity contribution in [3.63, 3.8) is 0 Å². The molecule has 2 aromatic rings. The first-order valence-corrected chi connectivity index (χ1v) is 7.38. The summed E-state index contributed by atoms with van der Waals surface area (Å²) in [5, 5.41) is 0. The molecule has 0 saturated heterocycles. The molecule has 0 aliphatic heterocycles. The van der Waals surface area contributed by atoms with Crippen molar-refractivity contribution in [1.29, 1.82) is 0 Å². The van der Waals surface area contributed by atoms with Crippen LogP contribution in [0.4, 0.5) is 0 Å². The van der Waals surface area contributed by atoms with E-state index < -0.39 is 18.0 Å². The number of ether oxygens (including phenoxy) is 2. The van der Waals surface area contributed by atoms with Crippen molar-refractivity contribution >= 4 is 11.9 Å². The number of benzene rings is 2. The quantitative estimate of drug-likeness (QED) is 0.785. The average molecular weight is 314 g/mol. The van der Waals surface area contributed by atoms with Crippen LogP contribution in [-0.4, -0.2) is 18.0 Å². The molecule has 0 saturated carbocycles. The minimum atomic E-state index is -0.776. The molecule has 2 rings (SSSR count). The Morgan fingerprint density at radius 1 is 0.826 bits per heavy atom. The maximum Gasteiger partial charge on any atom is 0.365 e. The van der Waals surface area contributed by atoms with Crippen molar-refractivity contribution < 1.29 is 24.8 Å². The van der Waals surface area contributed by atoms with Gasteiger partial charge >= 0.3 is 11.9 Å². The summed E-state index contributed by atoms with van der Waals surface area (Å²) in [6, 6.07) is 17.9. The van der Waals surface area contributed by atoms with E-state index >= 15 is 0 Å². The van der Waals surface area contributed by atoms with Crippen LogP contribution in [0.5, 0.6) is 0 Å². The Bertz CT molecular complexity index is 628. The van der Waals surface area contributed by atoms with Crippen LogP contribution in [0.25, 0.3) is 0 Å². The van der Waals surface area contributed by atoms with E-state index in [1.807, 2.05) is 60.7 Å². The minimum Gasteiger partial charge on any atom is -0.461 e. The summed E-state index contributed by atoms with van der Waals surface area (Å²) < 4.78 is 10.3. The summed E-state index contributed by atoms with van der Waals surface area (Å²) in [5.41, 5.74) is 5.45. The molecule has 0 radical (unpaired) electrons. The second-order valence-electron chi connectivity index (χ2n) is 5.14.